The molecule has 0 saturated carbocycles. The van der Waals surface area contributed by atoms with Gasteiger partial charge in [-0.25, -0.2) is 9.48 Å². The maximum absolute atomic E-state index is 12.1. The zero-order chi connectivity index (χ0) is 16.8. The van der Waals surface area contributed by atoms with E-state index in [1.807, 2.05) is 31.2 Å². The molecular formula is C17H20N2O4. The van der Waals surface area contributed by atoms with Crippen molar-refractivity contribution in [3.8, 4) is 17.0 Å². The van der Waals surface area contributed by atoms with Crippen LogP contribution in [0.25, 0.3) is 11.3 Å². The van der Waals surface area contributed by atoms with Gasteiger partial charge in [-0.3, -0.25) is 4.79 Å². The molecule has 6 heteroatoms. The highest BCUT2D eigenvalue weighted by Gasteiger charge is 2.22. The second kappa shape index (κ2) is 7.58. The summed E-state index contributed by atoms with van der Waals surface area (Å²) in [7, 11) is 1.60. The van der Waals surface area contributed by atoms with Crippen molar-refractivity contribution in [3.63, 3.8) is 0 Å². The molecule has 0 spiro atoms. The van der Waals surface area contributed by atoms with Gasteiger partial charge in [-0.2, -0.15) is 5.10 Å². The van der Waals surface area contributed by atoms with Crippen LogP contribution in [0.5, 0.6) is 5.75 Å². The van der Waals surface area contributed by atoms with Gasteiger partial charge in [0.15, 0.2) is 6.04 Å². The van der Waals surface area contributed by atoms with Crippen molar-refractivity contribution in [2.75, 3.05) is 13.7 Å². The molecule has 0 N–H and O–H groups in total. The first-order valence-corrected chi connectivity index (χ1v) is 7.51. The Kier molecular flexibility index (Phi) is 5.51. The molecule has 2 aromatic rings. The van der Waals surface area contributed by atoms with Gasteiger partial charge in [0.2, 0.25) is 0 Å². The molecule has 1 atom stereocenters. The molecule has 0 fully saturated rings. The molecule has 6 nitrogen and oxygen atoms in total. The molecule has 0 amide bonds. The number of nitrogens with zero attached hydrogens (tertiary/aromatic N) is 2. The van der Waals surface area contributed by atoms with Gasteiger partial charge in [-0.05, 0) is 43.7 Å². The van der Waals surface area contributed by atoms with Gasteiger partial charge >= 0.3 is 5.97 Å². The maximum atomic E-state index is 12.1. The van der Waals surface area contributed by atoms with Crippen LogP contribution >= 0.6 is 0 Å². The molecule has 0 bridgehead atoms. The molecule has 122 valence electrons. The van der Waals surface area contributed by atoms with Gasteiger partial charge in [0.1, 0.15) is 5.75 Å². The summed E-state index contributed by atoms with van der Waals surface area (Å²) in [5, 5.41) is 4.34. The first kappa shape index (κ1) is 16.7. The lowest BCUT2D eigenvalue weighted by atomic mass is 10.1. The van der Waals surface area contributed by atoms with Crippen molar-refractivity contribution < 1.29 is 14.3 Å². The number of rotatable bonds is 6. The van der Waals surface area contributed by atoms with E-state index in [4.69, 9.17) is 9.47 Å². The summed E-state index contributed by atoms with van der Waals surface area (Å²) in [5.41, 5.74) is 1.11. The van der Waals surface area contributed by atoms with Crippen LogP contribution in [-0.4, -0.2) is 29.5 Å². The van der Waals surface area contributed by atoms with Crippen molar-refractivity contribution in [1.29, 1.82) is 0 Å². The number of carbonyl (C=O) groups excluding carboxylic acids is 1. The van der Waals surface area contributed by atoms with Crippen LogP contribution in [0.15, 0.2) is 41.2 Å². The van der Waals surface area contributed by atoms with Crippen LogP contribution in [-0.2, 0) is 9.53 Å². The van der Waals surface area contributed by atoms with Crippen LogP contribution < -0.4 is 10.3 Å². The van der Waals surface area contributed by atoms with E-state index in [-0.39, 0.29) is 12.2 Å². The van der Waals surface area contributed by atoms with Gasteiger partial charge in [0.05, 0.1) is 19.4 Å². The van der Waals surface area contributed by atoms with Crippen molar-refractivity contribution >= 4 is 5.97 Å². The van der Waals surface area contributed by atoms with E-state index >= 15 is 0 Å². The fourth-order valence-corrected chi connectivity index (χ4v) is 2.24. The second-order valence-electron chi connectivity index (χ2n) is 4.91. The van der Waals surface area contributed by atoms with Crippen LogP contribution in [0.2, 0.25) is 0 Å². The first-order chi connectivity index (χ1) is 11.1. The highest BCUT2D eigenvalue weighted by atomic mass is 16.5. The number of hydrogen-bond donors (Lipinski definition) is 0. The zero-order valence-electron chi connectivity index (χ0n) is 13.5. The van der Waals surface area contributed by atoms with Crippen LogP contribution in [0.3, 0.4) is 0 Å². The summed E-state index contributed by atoms with van der Waals surface area (Å²) in [4.78, 5) is 24.1. The van der Waals surface area contributed by atoms with E-state index in [0.29, 0.717) is 12.1 Å². The predicted octanol–water partition coefficient (Wildman–Crippen LogP) is 2.43. The average Bonchev–Trinajstić information content (AvgIpc) is 2.57. The Bertz CT molecular complexity index is 722. The number of benzene rings is 1. The second-order valence-corrected chi connectivity index (χ2v) is 4.91. The minimum atomic E-state index is -0.722. The lowest BCUT2D eigenvalue weighted by molar-refractivity contribution is -0.147. The molecule has 1 aromatic carbocycles. The average molecular weight is 316 g/mol. The molecular weight excluding hydrogens is 296 g/mol. The third kappa shape index (κ3) is 3.77. The lowest BCUT2D eigenvalue weighted by Crippen LogP contribution is -2.32. The predicted molar refractivity (Wildman–Crippen MR) is 86.4 cm³/mol. The van der Waals surface area contributed by atoms with E-state index in [2.05, 4.69) is 5.10 Å². The fraction of sp³-hybridized carbons (Fsp3) is 0.353. The minimum absolute atomic E-state index is 0.266. The summed E-state index contributed by atoms with van der Waals surface area (Å²) >= 11 is 0. The van der Waals surface area contributed by atoms with Crippen molar-refractivity contribution in [1.82, 2.24) is 9.78 Å². The zero-order valence-corrected chi connectivity index (χ0v) is 13.5. The van der Waals surface area contributed by atoms with Crippen molar-refractivity contribution in [3.05, 3.63) is 46.8 Å². The van der Waals surface area contributed by atoms with Gasteiger partial charge in [-0.15, -0.1) is 0 Å². The van der Waals surface area contributed by atoms with E-state index in [0.717, 1.165) is 11.3 Å². The molecule has 0 aliphatic rings. The molecule has 1 heterocycles. The van der Waals surface area contributed by atoms with E-state index in [9.17, 15) is 9.59 Å². The number of hydrogen-bond acceptors (Lipinski definition) is 5. The molecule has 2 rings (SSSR count). The van der Waals surface area contributed by atoms with Crippen LogP contribution in [0.1, 0.15) is 26.3 Å². The summed E-state index contributed by atoms with van der Waals surface area (Å²) < 4.78 is 11.3. The fourth-order valence-electron chi connectivity index (χ4n) is 2.24. The summed E-state index contributed by atoms with van der Waals surface area (Å²) in [6.45, 7) is 3.81. The molecule has 23 heavy (non-hydrogen) atoms. The Morgan fingerprint density at radius 2 is 1.87 bits per heavy atom. The standard InChI is InChI=1S/C17H20N2O4/c1-4-15(17(21)23-5-2)19-16(20)11-10-14(18-19)12-6-8-13(22-3)9-7-12/h6-11,15H,4-5H2,1-3H3/t15-/m1/s1. The molecule has 0 saturated heterocycles. The van der Waals surface area contributed by atoms with Crippen LogP contribution in [0.4, 0.5) is 0 Å². The third-order valence-corrected chi connectivity index (χ3v) is 3.45. The Labute approximate surface area is 134 Å². The summed E-state index contributed by atoms with van der Waals surface area (Å²) in [6, 6.07) is 9.65. The molecule has 1 aromatic heterocycles. The summed E-state index contributed by atoms with van der Waals surface area (Å²) in [5.74, 6) is 0.288. The minimum Gasteiger partial charge on any atom is -0.497 e. The first-order valence-electron chi connectivity index (χ1n) is 7.51. The number of carbonyl (C=O) groups is 1. The topological polar surface area (TPSA) is 70.4 Å². The number of esters is 1. The Morgan fingerprint density at radius 3 is 2.43 bits per heavy atom. The number of methoxy groups -OCH3 is 1. The maximum Gasteiger partial charge on any atom is 0.331 e. The van der Waals surface area contributed by atoms with Crippen molar-refractivity contribution in [2.24, 2.45) is 0 Å². The van der Waals surface area contributed by atoms with Gasteiger partial charge in [0, 0.05) is 11.6 Å². The SMILES string of the molecule is CCOC(=O)[C@@H](CC)n1nc(-c2ccc(OC)cc2)ccc1=O. The number of ether oxygens (including phenoxy) is 2. The van der Waals surface area contributed by atoms with Gasteiger partial charge in [0.25, 0.3) is 5.56 Å². The third-order valence-electron chi connectivity index (χ3n) is 3.45. The van der Waals surface area contributed by atoms with Crippen molar-refractivity contribution in [2.45, 2.75) is 26.3 Å². The highest BCUT2D eigenvalue weighted by molar-refractivity contribution is 5.74. The Morgan fingerprint density at radius 1 is 1.17 bits per heavy atom. The molecule has 0 aliphatic heterocycles. The van der Waals surface area contributed by atoms with Crippen LogP contribution in [0, 0.1) is 0 Å². The normalized spacial score (nSPS) is 11.8. The van der Waals surface area contributed by atoms with Gasteiger partial charge < -0.3 is 9.47 Å². The molecule has 0 unspecified atom stereocenters. The monoisotopic (exact) mass is 316 g/mol. The smallest absolute Gasteiger partial charge is 0.331 e. The number of aromatic nitrogens is 2. The van der Waals surface area contributed by atoms with E-state index in [1.165, 1.54) is 10.7 Å². The summed E-state index contributed by atoms with van der Waals surface area (Å²) in [6.07, 6.45) is 0.428. The van der Waals surface area contributed by atoms with E-state index < -0.39 is 12.0 Å². The van der Waals surface area contributed by atoms with E-state index in [1.54, 1.807) is 20.1 Å². The molecule has 0 aliphatic carbocycles. The largest absolute Gasteiger partial charge is 0.497 e. The quantitative estimate of drug-likeness (QED) is 0.766. The highest BCUT2D eigenvalue weighted by Crippen LogP contribution is 2.20. The molecule has 0 radical (unpaired) electrons. The Balaban J connectivity index is 2.41. The van der Waals surface area contributed by atoms with Gasteiger partial charge in [-0.1, -0.05) is 6.92 Å². The lowest BCUT2D eigenvalue weighted by Gasteiger charge is -2.16. The Hall–Kier alpha value is -2.63.